The maximum absolute atomic E-state index is 14.0. The van der Waals surface area contributed by atoms with Gasteiger partial charge in [-0.3, -0.25) is 0 Å². The van der Waals surface area contributed by atoms with Crippen molar-refractivity contribution in [2.24, 2.45) is 7.05 Å². The smallest absolute Gasteiger partial charge is 0.165 e. The summed E-state index contributed by atoms with van der Waals surface area (Å²) in [6.45, 7) is 2.12. The molecule has 0 saturated heterocycles. The Morgan fingerprint density at radius 1 is 1.38 bits per heavy atom. The lowest BCUT2D eigenvalue weighted by Gasteiger charge is -2.13. The normalized spacial score (nSPS) is 10.8. The van der Waals surface area contributed by atoms with Gasteiger partial charge in [0.05, 0.1) is 24.8 Å². The predicted octanol–water partition coefficient (Wildman–Crippen LogP) is 1.87. The number of methoxy groups -OCH3 is 1. The lowest BCUT2D eigenvalue weighted by molar-refractivity contribution is 0.199. The molecule has 21 heavy (non-hydrogen) atoms. The summed E-state index contributed by atoms with van der Waals surface area (Å²) in [4.78, 5) is 4.01. The van der Waals surface area contributed by atoms with Crippen molar-refractivity contribution in [1.29, 1.82) is 0 Å². The molecule has 114 valence electrons. The highest BCUT2D eigenvalue weighted by Crippen LogP contribution is 2.23. The van der Waals surface area contributed by atoms with E-state index in [0.29, 0.717) is 19.7 Å². The van der Waals surface area contributed by atoms with Crippen molar-refractivity contribution < 1.29 is 13.9 Å². The fraction of sp³-hybridized carbons (Fsp3) is 0.400. The van der Waals surface area contributed by atoms with Crippen LogP contribution in [0.4, 0.5) is 4.39 Å². The van der Waals surface area contributed by atoms with E-state index < -0.39 is 0 Å². The van der Waals surface area contributed by atoms with Crippen molar-refractivity contribution in [2.45, 2.75) is 13.2 Å². The number of benzene rings is 1. The van der Waals surface area contributed by atoms with E-state index in [2.05, 4.69) is 10.3 Å². The van der Waals surface area contributed by atoms with E-state index in [-0.39, 0.29) is 18.2 Å². The molecular formula is C15H20FN3O2. The molecule has 0 saturated carbocycles. The number of nitrogens with one attached hydrogen (secondary N) is 1. The van der Waals surface area contributed by atoms with Gasteiger partial charge in [-0.05, 0) is 6.07 Å². The number of aryl methyl sites for hydroxylation is 1. The molecule has 1 heterocycles. The maximum atomic E-state index is 14.0. The Balaban J connectivity index is 2.01. The standard InChI is InChI=1S/C15H20FN3O2/c1-19-11-18-9-13(19)10-21-15-12(4-3-5-14(15)16)8-17-6-7-20-2/h3-5,9,11,17H,6-8,10H2,1-2H3. The number of hydrogen-bond acceptors (Lipinski definition) is 4. The molecule has 0 radical (unpaired) electrons. The summed E-state index contributed by atoms with van der Waals surface area (Å²) in [6, 6.07) is 4.93. The highest BCUT2D eigenvalue weighted by Gasteiger charge is 2.10. The van der Waals surface area contributed by atoms with Gasteiger partial charge in [0.25, 0.3) is 0 Å². The molecule has 0 unspecified atom stereocenters. The van der Waals surface area contributed by atoms with Crippen LogP contribution in [0.25, 0.3) is 0 Å². The molecule has 0 aliphatic rings. The van der Waals surface area contributed by atoms with Crippen LogP contribution in [0.3, 0.4) is 0 Å². The molecular weight excluding hydrogens is 273 g/mol. The maximum Gasteiger partial charge on any atom is 0.165 e. The molecule has 0 spiro atoms. The Bertz CT molecular complexity index is 572. The topological polar surface area (TPSA) is 48.3 Å². The molecule has 1 aromatic heterocycles. The van der Waals surface area contributed by atoms with Crippen LogP contribution < -0.4 is 10.1 Å². The highest BCUT2D eigenvalue weighted by molar-refractivity contribution is 5.35. The Morgan fingerprint density at radius 3 is 2.95 bits per heavy atom. The molecule has 1 aromatic carbocycles. The number of hydrogen-bond donors (Lipinski definition) is 1. The molecule has 2 aromatic rings. The third kappa shape index (κ3) is 4.27. The average Bonchev–Trinajstić information content (AvgIpc) is 2.88. The van der Waals surface area contributed by atoms with E-state index in [1.165, 1.54) is 6.07 Å². The minimum atomic E-state index is -0.358. The quantitative estimate of drug-likeness (QED) is 0.755. The third-order valence-electron chi connectivity index (χ3n) is 3.13. The van der Waals surface area contributed by atoms with Gasteiger partial charge in [0.2, 0.25) is 0 Å². The summed E-state index contributed by atoms with van der Waals surface area (Å²) < 4.78 is 26.4. The van der Waals surface area contributed by atoms with Crippen LogP contribution in [0.15, 0.2) is 30.7 Å². The van der Waals surface area contributed by atoms with Gasteiger partial charge < -0.3 is 19.4 Å². The summed E-state index contributed by atoms with van der Waals surface area (Å²) in [6.07, 6.45) is 3.39. The van der Waals surface area contributed by atoms with Gasteiger partial charge in [-0.2, -0.15) is 0 Å². The van der Waals surface area contributed by atoms with Crippen LogP contribution >= 0.6 is 0 Å². The first-order valence-corrected chi connectivity index (χ1v) is 6.77. The number of aromatic nitrogens is 2. The van der Waals surface area contributed by atoms with E-state index in [1.807, 2.05) is 17.7 Å². The van der Waals surface area contributed by atoms with Crippen molar-refractivity contribution in [2.75, 3.05) is 20.3 Å². The molecule has 6 heteroatoms. The fourth-order valence-corrected chi connectivity index (χ4v) is 1.92. The van der Waals surface area contributed by atoms with Crippen molar-refractivity contribution in [1.82, 2.24) is 14.9 Å². The van der Waals surface area contributed by atoms with E-state index >= 15 is 0 Å². The SMILES string of the molecule is COCCNCc1cccc(F)c1OCc1cncn1C. The molecule has 0 bridgehead atoms. The Labute approximate surface area is 123 Å². The first-order chi connectivity index (χ1) is 10.2. The molecule has 0 atom stereocenters. The highest BCUT2D eigenvalue weighted by atomic mass is 19.1. The first-order valence-electron chi connectivity index (χ1n) is 6.77. The summed E-state index contributed by atoms with van der Waals surface area (Å²) in [7, 11) is 3.52. The van der Waals surface area contributed by atoms with Crippen LogP contribution in [0.5, 0.6) is 5.75 Å². The second-order valence-electron chi connectivity index (χ2n) is 4.68. The van der Waals surface area contributed by atoms with Gasteiger partial charge in [-0.1, -0.05) is 12.1 Å². The minimum Gasteiger partial charge on any atom is -0.484 e. The van der Waals surface area contributed by atoms with Crippen molar-refractivity contribution >= 4 is 0 Å². The zero-order chi connectivity index (χ0) is 15.1. The molecule has 1 N–H and O–H groups in total. The largest absolute Gasteiger partial charge is 0.484 e. The molecule has 0 aliphatic carbocycles. The van der Waals surface area contributed by atoms with E-state index in [9.17, 15) is 4.39 Å². The summed E-state index contributed by atoms with van der Waals surface area (Å²) in [5.41, 5.74) is 1.67. The fourth-order valence-electron chi connectivity index (χ4n) is 1.92. The van der Waals surface area contributed by atoms with Crippen molar-refractivity contribution in [3.63, 3.8) is 0 Å². The second-order valence-corrected chi connectivity index (χ2v) is 4.68. The molecule has 0 aliphatic heterocycles. The number of halogens is 1. The van der Waals surface area contributed by atoms with Crippen LogP contribution in [0, 0.1) is 5.82 Å². The van der Waals surface area contributed by atoms with Crippen molar-refractivity contribution in [3.8, 4) is 5.75 Å². The second kappa shape index (κ2) is 7.75. The van der Waals surface area contributed by atoms with Crippen LogP contribution in [0.2, 0.25) is 0 Å². The number of para-hydroxylation sites is 1. The number of nitrogens with zero attached hydrogens (tertiary/aromatic N) is 2. The number of rotatable bonds is 8. The monoisotopic (exact) mass is 293 g/mol. The van der Waals surface area contributed by atoms with Gasteiger partial charge in [-0.25, -0.2) is 9.37 Å². The van der Waals surface area contributed by atoms with Crippen molar-refractivity contribution in [3.05, 3.63) is 47.8 Å². The van der Waals surface area contributed by atoms with E-state index in [4.69, 9.17) is 9.47 Å². The van der Waals surface area contributed by atoms with Gasteiger partial charge in [0, 0.05) is 32.8 Å². The molecule has 5 nitrogen and oxygen atoms in total. The van der Waals surface area contributed by atoms with Crippen LogP contribution in [-0.2, 0) is 24.9 Å². The number of imidazole rings is 1. The third-order valence-corrected chi connectivity index (χ3v) is 3.13. The van der Waals surface area contributed by atoms with Gasteiger partial charge in [-0.15, -0.1) is 0 Å². The van der Waals surface area contributed by atoms with E-state index in [1.54, 1.807) is 25.7 Å². The zero-order valence-corrected chi connectivity index (χ0v) is 12.3. The van der Waals surface area contributed by atoms with Gasteiger partial charge >= 0.3 is 0 Å². The molecule has 0 amide bonds. The molecule has 2 rings (SSSR count). The predicted molar refractivity (Wildman–Crippen MR) is 77.5 cm³/mol. The lowest BCUT2D eigenvalue weighted by Crippen LogP contribution is -2.19. The van der Waals surface area contributed by atoms with Gasteiger partial charge in [0.15, 0.2) is 11.6 Å². The lowest BCUT2D eigenvalue weighted by atomic mass is 10.2. The first kappa shape index (κ1) is 15.5. The number of ether oxygens (including phenoxy) is 2. The average molecular weight is 293 g/mol. The van der Waals surface area contributed by atoms with Crippen LogP contribution in [0.1, 0.15) is 11.3 Å². The summed E-state index contributed by atoms with van der Waals surface area (Å²) >= 11 is 0. The Morgan fingerprint density at radius 2 is 2.24 bits per heavy atom. The Hall–Kier alpha value is -1.92. The van der Waals surface area contributed by atoms with E-state index in [0.717, 1.165) is 11.3 Å². The Kier molecular flexibility index (Phi) is 5.71. The van der Waals surface area contributed by atoms with Crippen LogP contribution in [-0.4, -0.2) is 29.8 Å². The zero-order valence-electron chi connectivity index (χ0n) is 12.3. The minimum absolute atomic E-state index is 0.280. The summed E-state index contributed by atoms with van der Waals surface area (Å²) in [5, 5.41) is 3.19. The molecule has 0 fully saturated rings. The summed E-state index contributed by atoms with van der Waals surface area (Å²) in [5.74, 6) is -0.0770. The van der Waals surface area contributed by atoms with Gasteiger partial charge in [0.1, 0.15) is 6.61 Å².